The maximum atomic E-state index is 2.63. The van der Waals surface area contributed by atoms with Crippen molar-refractivity contribution < 1.29 is 0 Å². The minimum absolute atomic E-state index is 0.654. The van der Waals surface area contributed by atoms with Gasteiger partial charge in [0.2, 0.25) is 0 Å². The Hall–Kier alpha value is -0.130. The van der Waals surface area contributed by atoms with E-state index in [2.05, 4.69) is 77.6 Å². The van der Waals surface area contributed by atoms with E-state index in [9.17, 15) is 0 Å². The Bertz CT molecular complexity index is 419. The average Bonchev–Trinajstić information content (AvgIpc) is 2.39. The Labute approximate surface area is 137 Å². The second-order valence-electron chi connectivity index (χ2n) is 6.41. The molecule has 112 valence electrons. The molecule has 1 aliphatic heterocycles. The zero-order valence-electron chi connectivity index (χ0n) is 13.0. The first kappa shape index (κ1) is 16.2. The van der Waals surface area contributed by atoms with Crippen LogP contribution in [0.5, 0.6) is 0 Å². The quantitative estimate of drug-likeness (QED) is 0.710. The van der Waals surface area contributed by atoms with Crippen LogP contribution >= 0.6 is 22.6 Å². The van der Waals surface area contributed by atoms with E-state index in [1.165, 1.54) is 41.6 Å². The van der Waals surface area contributed by atoms with Gasteiger partial charge in [0.25, 0.3) is 0 Å². The molecule has 1 unspecified atom stereocenters. The van der Waals surface area contributed by atoms with E-state index >= 15 is 0 Å². The third-order valence-electron chi connectivity index (χ3n) is 4.33. The van der Waals surface area contributed by atoms with Crippen molar-refractivity contribution in [2.24, 2.45) is 5.92 Å². The third-order valence-corrected chi connectivity index (χ3v) is 5.00. The van der Waals surface area contributed by atoms with Crippen molar-refractivity contribution in [2.75, 3.05) is 26.7 Å². The van der Waals surface area contributed by atoms with E-state index in [1.807, 2.05) is 0 Å². The van der Waals surface area contributed by atoms with Gasteiger partial charge in [-0.2, -0.15) is 0 Å². The predicted octanol–water partition coefficient (Wildman–Crippen LogP) is 3.84. The van der Waals surface area contributed by atoms with Crippen LogP contribution in [0.15, 0.2) is 24.3 Å². The monoisotopic (exact) mass is 386 g/mol. The van der Waals surface area contributed by atoms with Crippen molar-refractivity contribution in [3.8, 4) is 0 Å². The number of halogens is 1. The maximum Gasteiger partial charge on any atom is 0.0234 e. The van der Waals surface area contributed by atoms with Crippen LogP contribution in [0.25, 0.3) is 0 Å². The van der Waals surface area contributed by atoms with Crippen molar-refractivity contribution >= 4 is 22.6 Å². The Kier molecular flexibility index (Phi) is 6.30. The second-order valence-corrected chi connectivity index (χ2v) is 7.65. The molecular formula is C17H27IN2. The number of likely N-dealkylation sites (tertiary alicyclic amines) is 1. The second kappa shape index (κ2) is 7.76. The van der Waals surface area contributed by atoms with Gasteiger partial charge in [0.1, 0.15) is 0 Å². The van der Waals surface area contributed by atoms with Gasteiger partial charge in [0, 0.05) is 29.2 Å². The van der Waals surface area contributed by atoms with Crippen molar-refractivity contribution in [1.82, 2.24) is 9.80 Å². The summed E-state index contributed by atoms with van der Waals surface area (Å²) < 4.78 is 1.34. The highest BCUT2D eigenvalue weighted by Crippen LogP contribution is 2.20. The first-order chi connectivity index (χ1) is 9.54. The largest absolute Gasteiger partial charge is 0.304 e. The van der Waals surface area contributed by atoms with E-state index in [4.69, 9.17) is 0 Å². The molecule has 0 aromatic heterocycles. The minimum atomic E-state index is 0.654. The fourth-order valence-corrected chi connectivity index (χ4v) is 3.56. The van der Waals surface area contributed by atoms with Gasteiger partial charge in [-0.25, -0.2) is 0 Å². The third kappa shape index (κ3) is 5.01. The molecule has 20 heavy (non-hydrogen) atoms. The first-order valence-corrected chi connectivity index (χ1v) is 8.79. The van der Waals surface area contributed by atoms with Gasteiger partial charge in [-0.1, -0.05) is 12.1 Å². The van der Waals surface area contributed by atoms with Gasteiger partial charge < -0.3 is 4.90 Å². The van der Waals surface area contributed by atoms with Crippen LogP contribution in [0.4, 0.5) is 0 Å². The lowest BCUT2D eigenvalue weighted by Crippen LogP contribution is -2.41. The van der Waals surface area contributed by atoms with Crippen LogP contribution in [0, 0.1) is 9.49 Å². The van der Waals surface area contributed by atoms with Crippen molar-refractivity contribution in [2.45, 2.75) is 39.3 Å². The molecule has 1 fully saturated rings. The molecule has 1 saturated heterocycles. The smallest absolute Gasteiger partial charge is 0.0234 e. The number of hydrogen-bond acceptors (Lipinski definition) is 2. The lowest BCUT2D eigenvalue weighted by atomic mass is 9.96. The van der Waals surface area contributed by atoms with Gasteiger partial charge >= 0.3 is 0 Å². The number of rotatable bonds is 5. The lowest BCUT2D eigenvalue weighted by molar-refractivity contribution is 0.127. The van der Waals surface area contributed by atoms with Gasteiger partial charge in [-0.05, 0) is 86.5 Å². The highest BCUT2D eigenvalue weighted by atomic mass is 127. The predicted molar refractivity (Wildman–Crippen MR) is 94.9 cm³/mol. The molecule has 1 heterocycles. The molecule has 3 heteroatoms. The van der Waals surface area contributed by atoms with Gasteiger partial charge in [0.15, 0.2) is 0 Å². The molecule has 0 saturated carbocycles. The normalized spacial score (nSPS) is 20.8. The Morgan fingerprint density at radius 3 is 2.90 bits per heavy atom. The lowest BCUT2D eigenvalue weighted by Gasteiger charge is -2.35. The molecule has 0 N–H and O–H groups in total. The van der Waals surface area contributed by atoms with Crippen LogP contribution < -0.4 is 0 Å². The van der Waals surface area contributed by atoms with Crippen LogP contribution in [-0.2, 0) is 6.54 Å². The summed E-state index contributed by atoms with van der Waals surface area (Å²) in [6, 6.07) is 9.56. The molecular weight excluding hydrogens is 359 g/mol. The molecule has 2 rings (SSSR count). The molecule has 0 aliphatic carbocycles. The van der Waals surface area contributed by atoms with E-state index < -0.39 is 0 Å². The molecule has 1 aromatic rings. The molecule has 0 spiro atoms. The topological polar surface area (TPSA) is 6.48 Å². The summed E-state index contributed by atoms with van der Waals surface area (Å²) in [6.45, 7) is 9.42. The summed E-state index contributed by atoms with van der Waals surface area (Å²) in [4.78, 5) is 5.12. The molecule has 0 bridgehead atoms. The number of nitrogens with zero attached hydrogens (tertiary/aromatic N) is 2. The molecule has 0 amide bonds. The maximum absolute atomic E-state index is 2.63. The van der Waals surface area contributed by atoms with Crippen molar-refractivity contribution in [1.29, 1.82) is 0 Å². The minimum Gasteiger partial charge on any atom is -0.304 e. The molecule has 1 aromatic carbocycles. The van der Waals surface area contributed by atoms with Gasteiger partial charge in [0.05, 0.1) is 0 Å². The average molecular weight is 386 g/mol. The molecule has 1 atom stereocenters. The van der Waals surface area contributed by atoms with E-state index in [0.717, 1.165) is 12.5 Å². The van der Waals surface area contributed by atoms with Crippen LogP contribution in [0.3, 0.4) is 0 Å². The molecule has 2 nitrogen and oxygen atoms in total. The fourth-order valence-electron chi connectivity index (χ4n) is 2.96. The van der Waals surface area contributed by atoms with E-state index in [-0.39, 0.29) is 0 Å². The summed E-state index contributed by atoms with van der Waals surface area (Å²) in [6.07, 6.45) is 2.74. The summed E-state index contributed by atoms with van der Waals surface area (Å²) in [7, 11) is 2.25. The number of piperidine rings is 1. The standard InChI is InChI=1S/C17H27IN2/c1-14(2)19(3)11-16-7-5-9-20(13-16)12-15-6-4-8-17(18)10-15/h4,6,8,10,14,16H,5,7,9,11-13H2,1-3H3. The highest BCUT2D eigenvalue weighted by molar-refractivity contribution is 14.1. The fraction of sp³-hybridized carbons (Fsp3) is 0.647. The Balaban J connectivity index is 1.87. The van der Waals surface area contributed by atoms with Crippen molar-refractivity contribution in [3.63, 3.8) is 0 Å². The highest BCUT2D eigenvalue weighted by Gasteiger charge is 2.21. The van der Waals surface area contributed by atoms with Crippen LogP contribution in [-0.4, -0.2) is 42.5 Å². The number of hydrogen-bond donors (Lipinski definition) is 0. The molecule has 0 radical (unpaired) electrons. The summed E-state index contributed by atoms with van der Waals surface area (Å²) >= 11 is 2.40. The summed E-state index contributed by atoms with van der Waals surface area (Å²) in [5.74, 6) is 0.832. The molecule has 1 aliphatic rings. The zero-order valence-corrected chi connectivity index (χ0v) is 15.1. The zero-order chi connectivity index (χ0) is 14.5. The SMILES string of the molecule is CC(C)N(C)CC1CCCN(Cc2cccc(I)c2)C1. The van der Waals surface area contributed by atoms with Crippen LogP contribution in [0.2, 0.25) is 0 Å². The number of benzene rings is 1. The summed E-state index contributed by atoms with van der Waals surface area (Å²) in [5, 5.41) is 0. The van der Waals surface area contributed by atoms with Crippen molar-refractivity contribution in [3.05, 3.63) is 33.4 Å². The summed E-state index contributed by atoms with van der Waals surface area (Å²) in [5.41, 5.74) is 1.45. The van der Waals surface area contributed by atoms with Gasteiger partial charge in [-0.3, -0.25) is 4.90 Å². The first-order valence-electron chi connectivity index (χ1n) is 7.71. The van der Waals surface area contributed by atoms with Crippen LogP contribution in [0.1, 0.15) is 32.3 Å². The van der Waals surface area contributed by atoms with E-state index in [0.29, 0.717) is 6.04 Å². The van der Waals surface area contributed by atoms with Gasteiger partial charge in [-0.15, -0.1) is 0 Å². The Morgan fingerprint density at radius 2 is 2.20 bits per heavy atom. The van der Waals surface area contributed by atoms with E-state index in [1.54, 1.807) is 0 Å². The Morgan fingerprint density at radius 1 is 1.40 bits per heavy atom.